The minimum absolute atomic E-state index is 0.0975. The number of imide groups is 1. The number of aryl methyl sites for hydroxylation is 2. The van der Waals surface area contributed by atoms with Crippen molar-refractivity contribution in [2.45, 2.75) is 52.5 Å². The molecule has 3 N–H and O–H groups in total. The van der Waals surface area contributed by atoms with Crippen LogP contribution in [-0.4, -0.2) is 35.2 Å². The zero-order valence-corrected chi connectivity index (χ0v) is 18.2. The van der Waals surface area contributed by atoms with Gasteiger partial charge in [0.25, 0.3) is 11.8 Å². The first-order chi connectivity index (χ1) is 14.8. The molecule has 2 aromatic rings. The van der Waals surface area contributed by atoms with Gasteiger partial charge in [-0.2, -0.15) is 0 Å². The first-order valence-electron chi connectivity index (χ1n) is 10.6. The molecule has 0 radical (unpaired) electrons. The van der Waals surface area contributed by atoms with E-state index in [0.717, 1.165) is 30.7 Å². The lowest BCUT2D eigenvalue weighted by Crippen LogP contribution is -2.48. The topological polar surface area (TPSA) is 101 Å². The van der Waals surface area contributed by atoms with Gasteiger partial charge in [0.1, 0.15) is 5.75 Å². The van der Waals surface area contributed by atoms with Crippen molar-refractivity contribution in [3.63, 3.8) is 0 Å². The minimum Gasteiger partial charge on any atom is -0.484 e. The number of carbonyl (C=O) groups excluding carboxylic acids is 3. The van der Waals surface area contributed by atoms with Crippen LogP contribution in [0.5, 0.6) is 5.75 Å². The van der Waals surface area contributed by atoms with Crippen LogP contribution < -0.4 is 20.8 Å². The molecule has 0 aliphatic heterocycles. The lowest BCUT2D eigenvalue weighted by molar-refractivity contribution is -0.122. The van der Waals surface area contributed by atoms with E-state index < -0.39 is 11.9 Å². The van der Waals surface area contributed by atoms with Crippen LogP contribution in [-0.2, 0) is 4.79 Å². The molecule has 1 heterocycles. The van der Waals surface area contributed by atoms with Gasteiger partial charge in [-0.1, -0.05) is 19.8 Å². The third kappa shape index (κ3) is 6.10. The number of hydrogen-bond donors (Lipinski definition) is 3. The first-order valence-corrected chi connectivity index (χ1v) is 10.6. The van der Waals surface area contributed by atoms with Gasteiger partial charge in [-0.3, -0.25) is 25.0 Å². The van der Waals surface area contributed by atoms with Crippen molar-refractivity contribution >= 4 is 17.8 Å². The van der Waals surface area contributed by atoms with Crippen molar-refractivity contribution in [3.05, 3.63) is 53.3 Å². The van der Waals surface area contributed by atoms with Crippen LogP contribution in [0.25, 0.3) is 0 Å². The Bertz CT molecular complexity index is 916. The summed E-state index contributed by atoms with van der Waals surface area (Å²) in [5, 5.41) is 5.17. The van der Waals surface area contributed by atoms with Crippen molar-refractivity contribution in [3.8, 4) is 5.75 Å². The second-order valence-electron chi connectivity index (χ2n) is 8.10. The Morgan fingerprint density at radius 2 is 1.65 bits per heavy atom. The molecule has 3 rings (SSSR count). The van der Waals surface area contributed by atoms with Crippen LogP contribution in [0.4, 0.5) is 4.79 Å². The van der Waals surface area contributed by atoms with Gasteiger partial charge in [0, 0.05) is 23.0 Å². The maximum absolute atomic E-state index is 12.4. The largest absolute Gasteiger partial charge is 0.484 e. The minimum atomic E-state index is -0.527. The molecule has 0 spiro atoms. The number of hydrogen-bond acceptors (Lipinski definition) is 4. The van der Waals surface area contributed by atoms with Gasteiger partial charge in [0.15, 0.2) is 6.61 Å². The molecule has 8 heteroatoms. The number of ether oxygens (including phenoxy) is 1. The molecule has 1 aliphatic carbocycles. The predicted octanol–water partition coefficient (Wildman–Crippen LogP) is 3.27. The maximum Gasteiger partial charge on any atom is 0.321 e. The average molecular weight is 427 g/mol. The Morgan fingerprint density at radius 3 is 2.29 bits per heavy atom. The smallest absolute Gasteiger partial charge is 0.321 e. The average Bonchev–Trinajstić information content (AvgIpc) is 3.06. The number of urea groups is 1. The molecule has 0 unspecified atom stereocenters. The summed E-state index contributed by atoms with van der Waals surface area (Å²) in [5.74, 6) is 0.0647. The molecule has 1 aromatic carbocycles. The van der Waals surface area contributed by atoms with Gasteiger partial charge >= 0.3 is 6.03 Å². The van der Waals surface area contributed by atoms with Crippen molar-refractivity contribution in [2.75, 3.05) is 12.0 Å². The number of rotatable bonds is 6. The highest BCUT2D eigenvalue weighted by atomic mass is 16.5. The molecule has 0 bridgehead atoms. The molecule has 4 amide bonds. The highest BCUT2D eigenvalue weighted by Crippen LogP contribution is 2.23. The van der Waals surface area contributed by atoms with Crippen molar-refractivity contribution in [1.29, 1.82) is 0 Å². The van der Waals surface area contributed by atoms with Crippen molar-refractivity contribution in [1.82, 2.24) is 15.3 Å². The standard InChI is InChI=1S/C23H30N4O4/c1-15-6-4-5-7-20(15)24-23(30)25-21(28)14-31-19-12-10-18(11-13-19)22(29)26-27-16(2)8-9-17(27)3/h8-13,15,20H,4-7,14H2,1-3H3,(H,26,29)(H2,24,25,28,30)/t15-,20-/m1/s1. The van der Waals surface area contributed by atoms with E-state index in [4.69, 9.17) is 4.74 Å². The molecule has 2 atom stereocenters. The number of aromatic nitrogens is 1. The number of carbonyl (C=O) groups is 3. The van der Waals surface area contributed by atoms with Crippen molar-refractivity contribution in [2.24, 2.45) is 5.92 Å². The highest BCUT2D eigenvalue weighted by Gasteiger charge is 2.23. The second kappa shape index (κ2) is 10.1. The van der Waals surface area contributed by atoms with E-state index in [0.29, 0.717) is 17.2 Å². The monoisotopic (exact) mass is 426 g/mol. The molecular weight excluding hydrogens is 396 g/mol. The van der Waals surface area contributed by atoms with E-state index in [1.165, 1.54) is 6.42 Å². The van der Waals surface area contributed by atoms with Gasteiger partial charge in [-0.05, 0) is 69.0 Å². The summed E-state index contributed by atoms with van der Waals surface area (Å²) in [6.45, 7) is 5.64. The van der Waals surface area contributed by atoms with E-state index in [9.17, 15) is 14.4 Å². The SMILES string of the molecule is Cc1ccc(C)n1NC(=O)c1ccc(OCC(=O)NC(=O)N[C@@H]2CCCC[C@H]2C)cc1. The number of nitrogens with zero attached hydrogens (tertiary/aromatic N) is 1. The number of nitrogens with one attached hydrogen (secondary N) is 3. The molecule has 0 saturated heterocycles. The van der Waals surface area contributed by atoms with E-state index in [2.05, 4.69) is 23.0 Å². The van der Waals surface area contributed by atoms with Gasteiger partial charge in [0.05, 0.1) is 0 Å². The van der Waals surface area contributed by atoms with Crippen LogP contribution in [0.2, 0.25) is 0 Å². The first kappa shape index (κ1) is 22.4. The Hall–Kier alpha value is -3.29. The van der Waals surface area contributed by atoms with Crippen LogP contribution in [0.3, 0.4) is 0 Å². The molecule has 1 fully saturated rings. The summed E-state index contributed by atoms with van der Waals surface area (Å²) in [5.41, 5.74) is 5.15. The summed E-state index contributed by atoms with van der Waals surface area (Å²) in [7, 11) is 0. The van der Waals surface area contributed by atoms with E-state index in [1.54, 1.807) is 28.9 Å². The van der Waals surface area contributed by atoms with E-state index in [-0.39, 0.29) is 18.6 Å². The lowest BCUT2D eigenvalue weighted by atomic mass is 9.86. The fourth-order valence-corrected chi connectivity index (χ4v) is 3.76. The molecular formula is C23H30N4O4. The van der Waals surface area contributed by atoms with Gasteiger partial charge < -0.3 is 10.1 Å². The van der Waals surface area contributed by atoms with Crippen LogP contribution in [0, 0.1) is 19.8 Å². The normalized spacial score (nSPS) is 18.2. The number of amides is 4. The summed E-state index contributed by atoms with van der Waals surface area (Å²) in [6, 6.07) is 9.92. The van der Waals surface area contributed by atoms with Gasteiger partial charge in [0.2, 0.25) is 0 Å². The molecule has 1 saturated carbocycles. The highest BCUT2D eigenvalue weighted by molar-refractivity contribution is 6.00. The van der Waals surface area contributed by atoms with E-state index in [1.807, 2.05) is 26.0 Å². The van der Waals surface area contributed by atoms with Crippen LogP contribution in [0.15, 0.2) is 36.4 Å². The molecule has 1 aromatic heterocycles. The molecule has 31 heavy (non-hydrogen) atoms. The Kier molecular flexibility index (Phi) is 7.33. The third-order valence-electron chi connectivity index (χ3n) is 5.65. The van der Waals surface area contributed by atoms with Crippen LogP contribution >= 0.6 is 0 Å². The maximum atomic E-state index is 12.4. The molecule has 166 valence electrons. The Labute approximate surface area is 182 Å². The summed E-state index contributed by atoms with van der Waals surface area (Å²) < 4.78 is 7.15. The Balaban J connectivity index is 1.44. The third-order valence-corrected chi connectivity index (χ3v) is 5.65. The number of benzene rings is 1. The lowest BCUT2D eigenvalue weighted by Gasteiger charge is -2.29. The van der Waals surface area contributed by atoms with Gasteiger partial charge in [-0.25, -0.2) is 4.79 Å². The van der Waals surface area contributed by atoms with E-state index >= 15 is 0 Å². The van der Waals surface area contributed by atoms with Gasteiger partial charge in [-0.15, -0.1) is 0 Å². The molecule has 8 nitrogen and oxygen atoms in total. The van der Waals surface area contributed by atoms with Crippen LogP contribution in [0.1, 0.15) is 54.4 Å². The fraction of sp³-hybridized carbons (Fsp3) is 0.435. The predicted molar refractivity (Wildman–Crippen MR) is 118 cm³/mol. The molecule has 1 aliphatic rings. The zero-order chi connectivity index (χ0) is 22.4. The summed E-state index contributed by atoms with van der Waals surface area (Å²) in [4.78, 5) is 36.5. The summed E-state index contributed by atoms with van der Waals surface area (Å²) in [6.07, 6.45) is 4.29. The Morgan fingerprint density at radius 1 is 1.00 bits per heavy atom. The quantitative estimate of drug-likeness (QED) is 0.660. The summed E-state index contributed by atoms with van der Waals surface area (Å²) >= 11 is 0. The second-order valence-corrected chi connectivity index (χ2v) is 8.10. The zero-order valence-electron chi connectivity index (χ0n) is 18.2. The fourth-order valence-electron chi connectivity index (χ4n) is 3.76. The van der Waals surface area contributed by atoms with Crippen molar-refractivity contribution < 1.29 is 19.1 Å².